The molecule has 1 aromatic heterocycles. The Bertz CT molecular complexity index is 537. The van der Waals surface area contributed by atoms with E-state index in [1.54, 1.807) is 12.1 Å². The van der Waals surface area contributed by atoms with E-state index in [1.807, 2.05) is 4.90 Å². The average Bonchev–Trinajstić information content (AvgIpc) is 3.17. The quantitative estimate of drug-likeness (QED) is 0.849. The van der Waals surface area contributed by atoms with E-state index in [-0.39, 0.29) is 11.7 Å². The summed E-state index contributed by atoms with van der Waals surface area (Å²) in [6.45, 7) is 7.39. The van der Waals surface area contributed by atoms with Crippen LogP contribution in [-0.4, -0.2) is 66.8 Å². The first-order valence-corrected chi connectivity index (χ1v) is 8.31. The van der Waals surface area contributed by atoms with Crippen molar-refractivity contribution in [2.45, 2.75) is 19.4 Å². The Kier molecular flexibility index (Phi) is 4.37. The van der Waals surface area contributed by atoms with Crippen LogP contribution in [0.3, 0.4) is 0 Å². The summed E-state index contributed by atoms with van der Waals surface area (Å²) in [5.41, 5.74) is 0. The Morgan fingerprint density at radius 2 is 1.90 bits per heavy atom. The first-order valence-electron chi connectivity index (χ1n) is 7.50. The molecule has 2 aliphatic rings. The number of Topliss-reactive ketones (excluding diaryl/α,β-unsaturated/α-hetero) is 1. The van der Waals surface area contributed by atoms with E-state index in [0.29, 0.717) is 15.8 Å². The molecule has 2 saturated heterocycles. The number of rotatable bonds is 3. The lowest BCUT2D eigenvalue weighted by Gasteiger charge is -2.32. The summed E-state index contributed by atoms with van der Waals surface area (Å²) < 4.78 is 0. The van der Waals surface area contributed by atoms with Crippen molar-refractivity contribution in [3.63, 3.8) is 0 Å². The van der Waals surface area contributed by atoms with Crippen LogP contribution in [0.1, 0.15) is 32.7 Å². The fraction of sp³-hybridized carbons (Fsp3) is 0.600. The molecule has 0 bridgehead atoms. The number of nitrogens with one attached hydrogen (secondary N) is 1. The molecule has 114 valence electrons. The Balaban J connectivity index is 1.62. The predicted octanol–water partition coefficient (Wildman–Crippen LogP) is 1.07. The van der Waals surface area contributed by atoms with Crippen LogP contribution in [-0.2, 0) is 0 Å². The lowest BCUT2D eigenvalue weighted by atomic mass is 10.2. The minimum Gasteiger partial charge on any atom is -0.336 e. The zero-order chi connectivity index (χ0) is 14.8. The number of nitrogens with zero attached hydrogens (tertiary/aromatic N) is 2. The van der Waals surface area contributed by atoms with Crippen molar-refractivity contribution >= 4 is 23.0 Å². The summed E-state index contributed by atoms with van der Waals surface area (Å²) in [4.78, 5) is 29.6. The van der Waals surface area contributed by atoms with Crippen LogP contribution in [0.25, 0.3) is 0 Å². The first-order chi connectivity index (χ1) is 10.1. The summed E-state index contributed by atoms with van der Waals surface area (Å²) in [6.07, 6.45) is 1.05. The molecule has 5 nitrogen and oxygen atoms in total. The minimum atomic E-state index is 0.0270. The molecule has 6 heteroatoms. The van der Waals surface area contributed by atoms with Gasteiger partial charge in [-0.3, -0.25) is 14.5 Å². The topological polar surface area (TPSA) is 52.7 Å². The van der Waals surface area contributed by atoms with E-state index < -0.39 is 0 Å². The molecule has 0 radical (unpaired) electrons. The van der Waals surface area contributed by atoms with Crippen molar-refractivity contribution < 1.29 is 9.59 Å². The van der Waals surface area contributed by atoms with Gasteiger partial charge in [-0.15, -0.1) is 11.3 Å². The zero-order valence-corrected chi connectivity index (χ0v) is 13.1. The van der Waals surface area contributed by atoms with Crippen molar-refractivity contribution in [3.05, 3.63) is 21.9 Å². The Morgan fingerprint density at radius 3 is 2.57 bits per heavy atom. The van der Waals surface area contributed by atoms with Gasteiger partial charge < -0.3 is 10.2 Å². The van der Waals surface area contributed by atoms with Gasteiger partial charge in [-0.1, -0.05) is 0 Å². The summed E-state index contributed by atoms with van der Waals surface area (Å²) in [5, 5.41) is 3.36. The SMILES string of the molecule is CC(=O)c1ccc(C(=O)N2CCC(N3CCNCC3)C2)s1. The zero-order valence-electron chi connectivity index (χ0n) is 12.3. The fourth-order valence-corrected chi connectivity index (χ4v) is 3.94. The summed E-state index contributed by atoms with van der Waals surface area (Å²) in [5.74, 6) is 0.101. The predicted molar refractivity (Wildman–Crippen MR) is 83.1 cm³/mol. The molecule has 0 spiro atoms. The summed E-state index contributed by atoms with van der Waals surface area (Å²) >= 11 is 1.31. The third kappa shape index (κ3) is 3.17. The molecular weight excluding hydrogens is 286 g/mol. The monoisotopic (exact) mass is 307 g/mol. The maximum Gasteiger partial charge on any atom is 0.263 e. The maximum absolute atomic E-state index is 12.5. The van der Waals surface area contributed by atoms with Gasteiger partial charge in [-0.05, 0) is 25.5 Å². The van der Waals surface area contributed by atoms with Gasteiger partial charge in [0.25, 0.3) is 5.91 Å². The molecule has 0 aromatic carbocycles. The lowest BCUT2D eigenvalue weighted by molar-refractivity contribution is 0.0778. The standard InChI is InChI=1S/C15H21N3O2S/c1-11(19)13-2-3-14(21-13)15(20)18-7-4-12(10-18)17-8-5-16-6-9-17/h2-3,12,16H,4-10H2,1H3. The van der Waals surface area contributed by atoms with Crippen LogP contribution in [0.15, 0.2) is 12.1 Å². The van der Waals surface area contributed by atoms with Gasteiger partial charge in [0.2, 0.25) is 0 Å². The minimum absolute atomic E-state index is 0.0270. The Morgan fingerprint density at radius 1 is 1.19 bits per heavy atom. The van der Waals surface area contributed by atoms with Crippen molar-refractivity contribution in [2.75, 3.05) is 39.3 Å². The highest BCUT2D eigenvalue weighted by atomic mass is 32.1. The number of hydrogen-bond acceptors (Lipinski definition) is 5. The third-order valence-electron chi connectivity index (χ3n) is 4.28. The lowest BCUT2D eigenvalue weighted by Crippen LogP contribution is -2.49. The van der Waals surface area contributed by atoms with Gasteiger partial charge in [-0.25, -0.2) is 0 Å². The number of likely N-dealkylation sites (tertiary alicyclic amines) is 1. The second-order valence-electron chi connectivity index (χ2n) is 5.70. The second-order valence-corrected chi connectivity index (χ2v) is 6.78. The molecule has 1 amide bonds. The van der Waals surface area contributed by atoms with Crippen molar-refractivity contribution in [3.8, 4) is 0 Å². The third-order valence-corrected chi connectivity index (χ3v) is 5.46. The van der Waals surface area contributed by atoms with Gasteiger partial charge in [0.1, 0.15) is 0 Å². The van der Waals surface area contributed by atoms with Gasteiger partial charge in [0.15, 0.2) is 5.78 Å². The van der Waals surface area contributed by atoms with Gasteiger partial charge in [0.05, 0.1) is 9.75 Å². The van der Waals surface area contributed by atoms with Gasteiger partial charge in [0, 0.05) is 45.3 Å². The number of thiophene rings is 1. The van der Waals surface area contributed by atoms with Crippen molar-refractivity contribution in [1.29, 1.82) is 0 Å². The van der Waals surface area contributed by atoms with Crippen LogP contribution in [0.2, 0.25) is 0 Å². The van der Waals surface area contributed by atoms with E-state index in [1.165, 1.54) is 18.3 Å². The molecule has 2 aliphatic heterocycles. The molecular formula is C15H21N3O2S. The van der Waals surface area contributed by atoms with Gasteiger partial charge >= 0.3 is 0 Å². The van der Waals surface area contributed by atoms with Crippen LogP contribution in [0, 0.1) is 0 Å². The van der Waals surface area contributed by atoms with Crippen molar-refractivity contribution in [2.24, 2.45) is 0 Å². The fourth-order valence-electron chi connectivity index (χ4n) is 3.07. The van der Waals surface area contributed by atoms with Crippen molar-refractivity contribution in [1.82, 2.24) is 15.1 Å². The van der Waals surface area contributed by atoms with E-state index in [0.717, 1.165) is 45.7 Å². The number of ketones is 1. The van der Waals surface area contributed by atoms with Crippen LogP contribution in [0.5, 0.6) is 0 Å². The summed E-state index contributed by atoms with van der Waals surface area (Å²) in [7, 11) is 0. The molecule has 21 heavy (non-hydrogen) atoms. The average molecular weight is 307 g/mol. The highest BCUT2D eigenvalue weighted by Gasteiger charge is 2.31. The number of carbonyl (C=O) groups is 2. The number of carbonyl (C=O) groups excluding carboxylic acids is 2. The second kappa shape index (κ2) is 6.25. The maximum atomic E-state index is 12.5. The van der Waals surface area contributed by atoms with Crippen LogP contribution in [0.4, 0.5) is 0 Å². The smallest absolute Gasteiger partial charge is 0.263 e. The molecule has 1 N–H and O–H groups in total. The number of amides is 1. The Labute approximate surface area is 128 Å². The molecule has 0 saturated carbocycles. The molecule has 1 aromatic rings. The van der Waals surface area contributed by atoms with E-state index in [9.17, 15) is 9.59 Å². The molecule has 3 rings (SSSR count). The number of hydrogen-bond donors (Lipinski definition) is 1. The Hall–Kier alpha value is -1.24. The largest absolute Gasteiger partial charge is 0.336 e. The summed E-state index contributed by atoms with van der Waals surface area (Å²) in [6, 6.07) is 4.02. The van der Waals surface area contributed by atoms with E-state index in [4.69, 9.17) is 0 Å². The number of piperazine rings is 1. The van der Waals surface area contributed by atoms with E-state index in [2.05, 4.69) is 10.2 Å². The molecule has 1 atom stereocenters. The van der Waals surface area contributed by atoms with E-state index >= 15 is 0 Å². The van der Waals surface area contributed by atoms with Crippen LogP contribution < -0.4 is 5.32 Å². The molecule has 2 fully saturated rings. The molecule has 0 aliphatic carbocycles. The van der Waals surface area contributed by atoms with Crippen LogP contribution >= 0.6 is 11.3 Å². The highest BCUT2D eigenvalue weighted by molar-refractivity contribution is 7.15. The van der Waals surface area contributed by atoms with Gasteiger partial charge in [-0.2, -0.15) is 0 Å². The first kappa shape index (κ1) is 14.7. The normalized spacial score (nSPS) is 23.5. The highest BCUT2D eigenvalue weighted by Crippen LogP contribution is 2.23. The molecule has 1 unspecified atom stereocenters. The molecule has 3 heterocycles.